The Hall–Kier alpha value is -8.96. The van der Waals surface area contributed by atoms with Crippen LogP contribution in [0.3, 0.4) is 0 Å². The molecule has 4 amide bonds. The molecule has 4 aromatic carbocycles. The Morgan fingerprint density at radius 2 is 1.07 bits per heavy atom. The monoisotopic (exact) mass is 1400 g/mol. The number of rotatable bonds is 21. The molecule has 532 valence electrons. The van der Waals surface area contributed by atoms with Crippen LogP contribution in [0.1, 0.15) is 121 Å². The highest BCUT2D eigenvalue weighted by Crippen LogP contribution is 2.45. The molecule has 0 radical (unpaired) electrons. The lowest BCUT2D eigenvalue weighted by Crippen LogP contribution is -2.51. The zero-order valence-corrected chi connectivity index (χ0v) is 60.3. The van der Waals surface area contributed by atoms with E-state index in [1.807, 2.05) is 105 Å². The molecule has 22 heteroatoms. The molecular formula is C80H92F2N12O7Si. The topological polar surface area (TPSA) is 223 Å². The lowest BCUT2D eigenvalue weighted by Gasteiger charge is -2.33. The number of carbonyl (C=O) groups is 4. The van der Waals surface area contributed by atoms with Gasteiger partial charge in [-0.15, -0.1) is 0 Å². The van der Waals surface area contributed by atoms with E-state index in [1.54, 1.807) is 0 Å². The molecule has 16 rings (SSSR count). The number of nitrogens with one attached hydrogen (secondary N) is 5. The first-order valence-electron chi connectivity index (χ1n) is 36.5. The molecule has 19 nitrogen and oxygen atoms in total. The maximum Gasteiger partial charge on any atom is 0.258 e. The van der Waals surface area contributed by atoms with E-state index in [1.165, 1.54) is 0 Å². The molecule has 2 saturated carbocycles. The maximum atomic E-state index is 15.1. The molecule has 4 aromatic heterocycles. The number of fused-ring (bicyclic) bond motifs is 6. The van der Waals surface area contributed by atoms with E-state index in [2.05, 4.69) is 114 Å². The summed E-state index contributed by atoms with van der Waals surface area (Å²) in [6.45, 7) is 19.3. The van der Waals surface area contributed by atoms with Crippen LogP contribution in [0.25, 0.3) is 44.5 Å². The number of aromatic nitrogens is 6. The third-order valence-corrected chi connectivity index (χ3v) is 24.0. The van der Waals surface area contributed by atoms with Crippen LogP contribution < -0.4 is 31.1 Å². The summed E-state index contributed by atoms with van der Waals surface area (Å²) < 4.78 is 49.6. The number of alkyl halides is 2. The zero-order chi connectivity index (χ0) is 70.8. The van der Waals surface area contributed by atoms with Gasteiger partial charge in [0.2, 0.25) is 11.8 Å². The predicted molar refractivity (Wildman–Crippen MR) is 394 cm³/mol. The lowest BCUT2D eigenvalue weighted by atomic mass is 9.77. The fraction of sp³-hybridized carbons (Fsp3) is 0.450. The van der Waals surface area contributed by atoms with E-state index in [4.69, 9.17) is 24.3 Å². The second-order valence-corrected chi connectivity index (χ2v) is 36.4. The summed E-state index contributed by atoms with van der Waals surface area (Å²) in [5, 5.41) is 23.9. The summed E-state index contributed by atoms with van der Waals surface area (Å²) in [4.78, 5) is 68.7. The van der Waals surface area contributed by atoms with Gasteiger partial charge in [-0.05, 0) is 215 Å². The van der Waals surface area contributed by atoms with Crippen LogP contribution in [-0.4, -0.2) is 142 Å². The average molecular weight is 1400 g/mol. The van der Waals surface area contributed by atoms with E-state index in [0.717, 1.165) is 179 Å². The molecule has 0 unspecified atom stereocenters. The molecule has 5 N–H and O–H groups in total. The van der Waals surface area contributed by atoms with Crippen molar-refractivity contribution in [2.24, 2.45) is 0 Å². The van der Waals surface area contributed by atoms with Crippen LogP contribution in [0.15, 0.2) is 122 Å². The predicted octanol–water partition coefficient (Wildman–Crippen LogP) is 13.3. The maximum absolute atomic E-state index is 15.1. The highest BCUT2D eigenvalue weighted by molar-refractivity contribution is 6.76. The van der Waals surface area contributed by atoms with Gasteiger partial charge >= 0.3 is 0 Å². The van der Waals surface area contributed by atoms with Crippen molar-refractivity contribution in [3.05, 3.63) is 167 Å². The van der Waals surface area contributed by atoms with Crippen LogP contribution in [0.4, 0.5) is 31.8 Å². The van der Waals surface area contributed by atoms with E-state index >= 15 is 4.39 Å². The Labute approximate surface area is 595 Å². The van der Waals surface area contributed by atoms with Gasteiger partial charge in [-0.25, -0.2) is 23.4 Å². The quantitative estimate of drug-likeness (QED) is 0.0334. The van der Waals surface area contributed by atoms with Gasteiger partial charge in [0.05, 0.1) is 48.9 Å². The average Bonchev–Trinajstić information content (AvgIpc) is 1.14. The van der Waals surface area contributed by atoms with Crippen molar-refractivity contribution in [3.8, 4) is 44.5 Å². The molecular weight excluding hydrogens is 1310 g/mol. The fourth-order valence-electron chi connectivity index (χ4n) is 16.1. The molecule has 4 saturated heterocycles. The molecule has 4 aliphatic carbocycles. The Bertz CT molecular complexity index is 4470. The van der Waals surface area contributed by atoms with Crippen LogP contribution in [0.2, 0.25) is 25.7 Å². The van der Waals surface area contributed by atoms with Gasteiger partial charge in [-0.1, -0.05) is 80.3 Å². The number of ether oxygens (including phenoxy) is 3. The Balaban J connectivity index is 0.000000167. The van der Waals surface area contributed by atoms with Crippen molar-refractivity contribution < 1.29 is 42.2 Å². The van der Waals surface area contributed by atoms with E-state index < -0.39 is 43.3 Å². The lowest BCUT2D eigenvalue weighted by molar-refractivity contribution is -0.131. The number of nitrogens with zero attached hydrogens (tertiary/aromatic N) is 7. The van der Waals surface area contributed by atoms with Gasteiger partial charge in [0.15, 0.2) is 11.3 Å². The smallest absolute Gasteiger partial charge is 0.258 e. The second kappa shape index (κ2) is 28.0. The minimum absolute atomic E-state index is 0.176. The van der Waals surface area contributed by atoms with Gasteiger partial charge in [-0.2, -0.15) is 10.2 Å². The van der Waals surface area contributed by atoms with Crippen molar-refractivity contribution in [3.63, 3.8) is 0 Å². The number of H-pyrrole nitrogens is 1. The third-order valence-electron chi connectivity index (χ3n) is 22.3. The first kappa shape index (κ1) is 68.8. The van der Waals surface area contributed by atoms with E-state index in [-0.39, 0.29) is 61.5 Å². The molecule has 102 heavy (non-hydrogen) atoms. The number of benzene rings is 4. The highest BCUT2D eigenvalue weighted by atomic mass is 28.3. The SMILES string of the molecule is Cc1n[nH]c(C)c1-c1ccc(NC(=O)[C@@H](NC(=O)C2(F)CC2)[C@@H]2CCCc3ccc(-c4ccnc(N5C[C@H]6C[C@@H]5CO6)c4)cc32)cc1.Cc1nn(COCC[Si](C)(C)C)c(C)c1-c1ccc(NC(=O)[C@@H](NC(=O)C2(F)CC2)[C@@H]2CCCc3ccc(-c4ccnc(N5C[C@H]6C[C@@H]5CO6)c4)cc32)cc1. The normalized spacial score (nSPS) is 22.2. The first-order chi connectivity index (χ1) is 49.1. The largest absolute Gasteiger partial charge is 0.374 e. The van der Waals surface area contributed by atoms with Gasteiger partial charge in [0, 0.05) is 85.9 Å². The van der Waals surface area contributed by atoms with Gasteiger partial charge < -0.3 is 45.3 Å². The third kappa shape index (κ3) is 14.4. The van der Waals surface area contributed by atoms with Crippen LogP contribution >= 0.6 is 0 Å². The first-order valence-corrected chi connectivity index (χ1v) is 40.2. The van der Waals surface area contributed by atoms with Gasteiger partial charge in [-0.3, -0.25) is 24.3 Å². The summed E-state index contributed by atoms with van der Waals surface area (Å²) in [7, 11) is -1.18. The highest BCUT2D eigenvalue weighted by Gasteiger charge is 2.54. The molecule has 4 bridgehead atoms. The number of amides is 4. The minimum atomic E-state index is -1.91. The summed E-state index contributed by atoms with van der Waals surface area (Å²) in [6.07, 6.45) is 11.9. The minimum Gasteiger partial charge on any atom is -0.374 e. The fourth-order valence-corrected chi connectivity index (χ4v) is 16.9. The van der Waals surface area contributed by atoms with Crippen molar-refractivity contribution in [2.75, 3.05) is 53.3 Å². The van der Waals surface area contributed by atoms with E-state index in [9.17, 15) is 23.6 Å². The Morgan fingerprint density at radius 1 is 0.608 bits per heavy atom. The molecule has 8 aliphatic rings. The Kier molecular flexibility index (Phi) is 18.9. The van der Waals surface area contributed by atoms with Gasteiger partial charge in [0.25, 0.3) is 11.8 Å². The molecule has 4 aliphatic heterocycles. The summed E-state index contributed by atoms with van der Waals surface area (Å²) in [5.74, 6) is -0.880. The molecule has 6 fully saturated rings. The molecule has 8 aromatic rings. The summed E-state index contributed by atoms with van der Waals surface area (Å²) >= 11 is 0. The number of morpholine rings is 2. The number of aryl methyl sites for hydroxylation is 5. The van der Waals surface area contributed by atoms with Crippen LogP contribution in [0.5, 0.6) is 0 Å². The van der Waals surface area contributed by atoms with Crippen molar-refractivity contribution in [2.45, 2.75) is 197 Å². The van der Waals surface area contributed by atoms with E-state index in [0.29, 0.717) is 43.0 Å². The van der Waals surface area contributed by atoms with Crippen LogP contribution in [0, 0.1) is 27.7 Å². The molecule has 8 atom stereocenters. The summed E-state index contributed by atoms with van der Waals surface area (Å²) in [6, 6.07) is 36.3. The Morgan fingerprint density at radius 3 is 1.49 bits per heavy atom. The van der Waals surface area contributed by atoms with Crippen molar-refractivity contribution in [1.29, 1.82) is 0 Å². The molecule has 0 spiro atoms. The van der Waals surface area contributed by atoms with Crippen LogP contribution in [-0.2, 0) is 53.0 Å². The zero-order valence-electron chi connectivity index (χ0n) is 59.3. The van der Waals surface area contributed by atoms with Crippen molar-refractivity contribution in [1.82, 2.24) is 40.6 Å². The summed E-state index contributed by atoms with van der Waals surface area (Å²) in [5.41, 5.74) is 13.7. The second-order valence-electron chi connectivity index (χ2n) is 30.8. The number of aromatic amines is 1. The number of anilines is 4. The number of hydrogen-bond acceptors (Lipinski definition) is 13. The number of carbonyl (C=O) groups excluding carboxylic acids is 4. The van der Waals surface area contributed by atoms with Crippen molar-refractivity contribution >= 4 is 54.7 Å². The number of hydrogen-bond donors (Lipinski definition) is 5. The molecule has 8 heterocycles. The number of pyridine rings is 2. The number of halogens is 2. The van der Waals surface area contributed by atoms with Gasteiger partial charge in [0.1, 0.15) is 30.5 Å². The standard InChI is InChI=1S/C43H53FN6O4Si.C37H39FN6O3/c1-27-39(28(2)50(48-27)26-53-19-20-55(3,4)5)30-11-13-33(14-12-30)46-41(51)40(47-42(52)43(44)16-17-43)36-8-6-7-29-9-10-31(21-37(29)36)32-15-18-45-38(22-32)49-24-35-23-34(49)25-54-35;1-21-33(22(2)43-42-21)24-8-10-27(11-9-24)40-35(45)34(41-36(46)37(38)13-14-37)30-5-3-4-23-6-7-25(16-31(23)30)26-12-15-39-32(17-26)44-19-29-18-28(44)20-47-29/h9-15,18,21-22,34-36,40H,6-8,16-17,19-20,23-26H2,1-5H3,(H,46,51)(H,47,52);6-12,15-17,28-30,34H,3-5,13-14,18-20H2,1-2H3,(H,40,45)(H,41,46)(H,42,43)/t34-,35-,36-,40+;28-,29-,30-,34+/m11/s1.